The predicted octanol–water partition coefficient (Wildman–Crippen LogP) is 11.2. The van der Waals surface area contributed by atoms with E-state index < -0.39 is 10.1 Å². The Balaban J connectivity index is 0. The minimum Gasteiger partial charge on any atom is -0.395 e. The molecule has 0 fully saturated rings. The fraction of sp³-hybridized carbons (Fsp3) is 0.902. The summed E-state index contributed by atoms with van der Waals surface area (Å²) in [5.74, 6) is 0. The van der Waals surface area contributed by atoms with Gasteiger partial charge in [0, 0.05) is 19.6 Å². The van der Waals surface area contributed by atoms with Gasteiger partial charge in [0.25, 0.3) is 10.1 Å². The molecule has 0 radical (unpaired) electrons. The number of rotatable bonds is 38. The minimum absolute atomic E-state index is 0.231. The molecule has 0 saturated carbocycles. The zero-order valence-corrected chi connectivity index (χ0v) is 33.2. The van der Waals surface area contributed by atoms with E-state index in [1.165, 1.54) is 167 Å². The molecule has 288 valence electrons. The zero-order valence-electron chi connectivity index (χ0n) is 32.4. The van der Waals surface area contributed by atoms with Crippen LogP contribution >= 0.6 is 0 Å². The molecule has 0 aromatic heterocycles. The summed E-state index contributed by atoms with van der Waals surface area (Å²) in [4.78, 5) is 0. The highest BCUT2D eigenvalue weighted by Crippen LogP contribution is 2.11. The van der Waals surface area contributed by atoms with E-state index in [0.29, 0.717) is 13.2 Å². The van der Waals surface area contributed by atoms with Crippen molar-refractivity contribution >= 4 is 10.1 Å². The largest absolute Gasteiger partial charge is 0.395 e. The van der Waals surface area contributed by atoms with E-state index in [2.05, 4.69) is 48.8 Å². The number of hydrogen-bond donors (Lipinski definition) is 3. The highest BCUT2D eigenvalue weighted by atomic mass is 32.2. The molecule has 0 aromatic carbocycles. The van der Waals surface area contributed by atoms with Gasteiger partial charge in [-0.1, -0.05) is 154 Å². The third-order valence-electron chi connectivity index (χ3n) is 8.59. The Morgan fingerprint density at radius 1 is 0.458 bits per heavy atom. The standard InChI is InChI=1S/C22H46N2O.C19H38O3S/c1-2-3-4-5-6-7-8-9-10-11-12-13-14-15-16-17-18-23-19-20-24-21-22-25;1-3-4-5-6-7-8-9-10-11-12-13-14-15-16-17-18-19-22-23(2,20)21/h9-10,23-25H,2-8,11-22H2,1H3;10-11H,3-9,12-19H2,1-2H3/b10-9-;11-10-. The SMILES string of the molecule is CCCCCCCC/C=C\CCCCCCCCNCCNCCO.CCCCCCCC/C=C\CCCCCCCCOS(C)(=O)=O. The van der Waals surface area contributed by atoms with Gasteiger partial charge >= 0.3 is 0 Å². The van der Waals surface area contributed by atoms with Crippen molar-refractivity contribution in [3.63, 3.8) is 0 Å². The number of nitrogens with one attached hydrogen (secondary N) is 2. The molecule has 0 aliphatic heterocycles. The first kappa shape index (κ1) is 49.4. The Hall–Kier alpha value is -0.730. The van der Waals surface area contributed by atoms with E-state index in [0.717, 1.165) is 38.7 Å². The lowest BCUT2D eigenvalue weighted by molar-refractivity contribution is 0.292. The molecule has 0 atom stereocenters. The van der Waals surface area contributed by atoms with Crippen LogP contribution in [0.3, 0.4) is 0 Å². The van der Waals surface area contributed by atoms with Gasteiger partial charge in [0.15, 0.2) is 0 Å². The second-order valence-corrected chi connectivity index (χ2v) is 15.3. The van der Waals surface area contributed by atoms with Crippen molar-refractivity contribution in [3.05, 3.63) is 24.3 Å². The van der Waals surface area contributed by atoms with Crippen LogP contribution < -0.4 is 10.6 Å². The lowest BCUT2D eigenvalue weighted by Gasteiger charge is -2.05. The van der Waals surface area contributed by atoms with E-state index in [9.17, 15) is 8.42 Å². The van der Waals surface area contributed by atoms with E-state index in [1.54, 1.807) is 0 Å². The van der Waals surface area contributed by atoms with Crippen LogP contribution in [0.5, 0.6) is 0 Å². The van der Waals surface area contributed by atoms with Crippen LogP contribution in [0.4, 0.5) is 0 Å². The zero-order chi connectivity index (χ0) is 35.5. The Morgan fingerprint density at radius 3 is 1.17 bits per heavy atom. The van der Waals surface area contributed by atoms with Gasteiger partial charge in [-0.25, -0.2) is 0 Å². The number of aliphatic hydroxyl groups excluding tert-OH is 1. The van der Waals surface area contributed by atoms with Crippen molar-refractivity contribution < 1.29 is 17.7 Å². The van der Waals surface area contributed by atoms with Gasteiger partial charge in [-0.3, -0.25) is 4.18 Å². The van der Waals surface area contributed by atoms with E-state index >= 15 is 0 Å². The molecule has 0 aliphatic rings. The number of allylic oxidation sites excluding steroid dienone is 4. The molecular formula is C41H84N2O4S. The quantitative estimate of drug-likeness (QED) is 0.0338. The Kier molecular flexibility index (Phi) is 45.6. The predicted molar refractivity (Wildman–Crippen MR) is 213 cm³/mol. The molecular weight excluding hydrogens is 617 g/mol. The molecule has 0 spiro atoms. The van der Waals surface area contributed by atoms with E-state index in [4.69, 9.17) is 9.29 Å². The second kappa shape index (κ2) is 44.3. The first-order valence-electron chi connectivity index (χ1n) is 20.6. The average Bonchev–Trinajstić information content (AvgIpc) is 3.06. The molecule has 0 amide bonds. The molecule has 3 N–H and O–H groups in total. The maximum absolute atomic E-state index is 10.8. The Bertz CT molecular complexity index is 743. The molecule has 0 aromatic rings. The molecule has 0 rings (SSSR count). The van der Waals surface area contributed by atoms with Crippen LogP contribution in [0.15, 0.2) is 24.3 Å². The molecule has 0 aliphatic carbocycles. The molecule has 0 unspecified atom stereocenters. The van der Waals surface area contributed by atoms with Gasteiger partial charge in [-0.2, -0.15) is 8.42 Å². The van der Waals surface area contributed by atoms with Crippen molar-refractivity contribution in [2.75, 3.05) is 45.6 Å². The summed E-state index contributed by atoms with van der Waals surface area (Å²) in [6.45, 7) is 8.89. The van der Waals surface area contributed by atoms with E-state index in [-0.39, 0.29) is 6.61 Å². The lowest BCUT2D eigenvalue weighted by atomic mass is 10.1. The highest BCUT2D eigenvalue weighted by molar-refractivity contribution is 7.85. The molecule has 0 heterocycles. The van der Waals surface area contributed by atoms with Crippen LogP contribution in [0.1, 0.15) is 194 Å². The highest BCUT2D eigenvalue weighted by Gasteiger charge is 2.00. The molecule has 48 heavy (non-hydrogen) atoms. The maximum Gasteiger partial charge on any atom is 0.264 e. The second-order valence-electron chi connectivity index (χ2n) is 13.6. The lowest BCUT2D eigenvalue weighted by Crippen LogP contribution is -2.29. The van der Waals surface area contributed by atoms with Crippen molar-refractivity contribution in [3.8, 4) is 0 Å². The smallest absolute Gasteiger partial charge is 0.264 e. The van der Waals surface area contributed by atoms with E-state index in [1.807, 2.05) is 0 Å². The molecule has 6 nitrogen and oxygen atoms in total. The van der Waals surface area contributed by atoms with Crippen LogP contribution in [0.2, 0.25) is 0 Å². The number of hydrogen-bond acceptors (Lipinski definition) is 6. The Morgan fingerprint density at radius 2 is 0.792 bits per heavy atom. The van der Waals surface area contributed by atoms with Crippen molar-refractivity contribution in [2.24, 2.45) is 0 Å². The monoisotopic (exact) mass is 701 g/mol. The van der Waals surface area contributed by atoms with Gasteiger partial charge < -0.3 is 15.7 Å². The maximum atomic E-state index is 10.8. The molecule has 0 bridgehead atoms. The summed E-state index contributed by atoms with van der Waals surface area (Å²) in [5, 5.41) is 15.3. The van der Waals surface area contributed by atoms with Crippen LogP contribution in [-0.2, 0) is 14.3 Å². The van der Waals surface area contributed by atoms with Gasteiger partial charge in [0.05, 0.1) is 19.5 Å². The molecule has 7 heteroatoms. The Labute approximate surface area is 301 Å². The molecule has 0 saturated heterocycles. The van der Waals surface area contributed by atoms with Crippen LogP contribution in [0, 0.1) is 0 Å². The summed E-state index contributed by atoms with van der Waals surface area (Å²) in [6, 6.07) is 0. The normalized spacial score (nSPS) is 11.9. The van der Waals surface area contributed by atoms with Crippen LogP contribution in [0.25, 0.3) is 0 Å². The van der Waals surface area contributed by atoms with Crippen LogP contribution in [-0.4, -0.2) is 59.2 Å². The fourth-order valence-corrected chi connectivity index (χ4v) is 5.98. The number of aliphatic hydroxyl groups is 1. The van der Waals surface area contributed by atoms with Crippen molar-refractivity contribution in [2.45, 2.75) is 194 Å². The number of unbranched alkanes of at least 4 members (excludes halogenated alkanes) is 24. The van der Waals surface area contributed by atoms with Gasteiger partial charge in [-0.15, -0.1) is 0 Å². The van der Waals surface area contributed by atoms with Gasteiger partial charge in [0.2, 0.25) is 0 Å². The van der Waals surface area contributed by atoms with Crippen molar-refractivity contribution in [1.29, 1.82) is 0 Å². The summed E-state index contributed by atoms with van der Waals surface area (Å²) in [7, 11) is -3.25. The van der Waals surface area contributed by atoms with Gasteiger partial charge in [-0.05, 0) is 70.8 Å². The summed E-state index contributed by atoms with van der Waals surface area (Å²) in [5.41, 5.74) is 0. The van der Waals surface area contributed by atoms with Crippen molar-refractivity contribution in [1.82, 2.24) is 10.6 Å². The summed E-state index contributed by atoms with van der Waals surface area (Å²) < 4.78 is 26.2. The third kappa shape index (κ3) is 52.1. The topological polar surface area (TPSA) is 87.7 Å². The first-order valence-corrected chi connectivity index (χ1v) is 22.5. The summed E-state index contributed by atoms with van der Waals surface area (Å²) >= 11 is 0. The minimum atomic E-state index is -3.25. The fourth-order valence-electron chi connectivity index (χ4n) is 5.56. The van der Waals surface area contributed by atoms with Gasteiger partial charge in [0.1, 0.15) is 0 Å². The summed E-state index contributed by atoms with van der Waals surface area (Å²) in [6.07, 6.45) is 47.3. The average molecular weight is 701 g/mol. The first-order chi connectivity index (χ1) is 23.5. The third-order valence-corrected chi connectivity index (χ3v) is 9.18.